The molecule has 1 unspecified atom stereocenters. The van der Waals surface area contributed by atoms with Gasteiger partial charge < -0.3 is 5.73 Å². The van der Waals surface area contributed by atoms with Gasteiger partial charge in [-0.2, -0.15) is 0 Å². The van der Waals surface area contributed by atoms with Gasteiger partial charge in [0.1, 0.15) is 5.82 Å². The summed E-state index contributed by atoms with van der Waals surface area (Å²) in [5, 5.41) is 0. The van der Waals surface area contributed by atoms with Crippen LogP contribution in [0, 0.1) is 5.82 Å². The quantitative estimate of drug-likeness (QED) is 0.728. The first kappa shape index (κ1) is 8.20. The minimum Gasteiger partial charge on any atom is -0.324 e. The fraction of sp³-hybridized carbons (Fsp3) is 0.333. The molecule has 64 valence electrons. The van der Waals surface area contributed by atoms with Crippen molar-refractivity contribution in [3.05, 3.63) is 33.5 Å². The van der Waals surface area contributed by atoms with E-state index >= 15 is 0 Å². The molecule has 1 aliphatic carbocycles. The average molecular weight is 230 g/mol. The molecule has 1 nitrogen and oxygen atoms in total. The van der Waals surface area contributed by atoms with Crippen LogP contribution in [-0.2, 0) is 6.42 Å². The van der Waals surface area contributed by atoms with Gasteiger partial charge in [0.25, 0.3) is 0 Å². The molecule has 12 heavy (non-hydrogen) atoms. The van der Waals surface area contributed by atoms with Gasteiger partial charge in [-0.25, -0.2) is 4.39 Å². The summed E-state index contributed by atoms with van der Waals surface area (Å²) in [6, 6.07) is 3.40. The zero-order valence-electron chi connectivity index (χ0n) is 6.48. The van der Waals surface area contributed by atoms with Crippen molar-refractivity contribution in [2.24, 2.45) is 5.73 Å². The fourth-order valence-corrected chi connectivity index (χ4v) is 2.02. The summed E-state index contributed by atoms with van der Waals surface area (Å²) in [6.45, 7) is 0. The number of rotatable bonds is 0. The predicted molar refractivity (Wildman–Crippen MR) is 49.3 cm³/mol. The molecule has 0 fully saturated rings. The van der Waals surface area contributed by atoms with Crippen LogP contribution in [0.4, 0.5) is 4.39 Å². The average Bonchev–Trinajstić information content (AvgIpc) is 2.35. The molecule has 1 atom stereocenters. The third-order valence-corrected chi connectivity index (χ3v) is 2.91. The highest BCUT2D eigenvalue weighted by molar-refractivity contribution is 9.10. The Hall–Kier alpha value is -0.410. The number of hydrogen-bond acceptors (Lipinski definition) is 1. The van der Waals surface area contributed by atoms with Crippen LogP contribution in [0.5, 0.6) is 0 Å². The van der Waals surface area contributed by atoms with E-state index in [0.29, 0.717) is 4.47 Å². The monoisotopic (exact) mass is 229 g/mol. The Bertz CT molecular complexity index is 325. The topological polar surface area (TPSA) is 26.0 Å². The highest BCUT2D eigenvalue weighted by Gasteiger charge is 2.20. The summed E-state index contributed by atoms with van der Waals surface area (Å²) in [7, 11) is 0. The molecular formula is C9H9BrFN. The second-order valence-electron chi connectivity index (χ2n) is 3.11. The van der Waals surface area contributed by atoms with Crippen molar-refractivity contribution in [1.82, 2.24) is 0 Å². The van der Waals surface area contributed by atoms with Crippen LogP contribution in [0.25, 0.3) is 0 Å². The lowest BCUT2D eigenvalue weighted by atomic mass is 10.1. The molecule has 0 aliphatic heterocycles. The second kappa shape index (κ2) is 2.82. The van der Waals surface area contributed by atoms with Gasteiger partial charge in [0.05, 0.1) is 4.47 Å². The van der Waals surface area contributed by atoms with Crippen LogP contribution >= 0.6 is 15.9 Å². The number of halogens is 2. The van der Waals surface area contributed by atoms with E-state index < -0.39 is 0 Å². The summed E-state index contributed by atoms with van der Waals surface area (Å²) in [5.41, 5.74) is 7.93. The molecular weight excluding hydrogens is 221 g/mol. The summed E-state index contributed by atoms with van der Waals surface area (Å²) in [4.78, 5) is 0. The van der Waals surface area contributed by atoms with Crippen molar-refractivity contribution in [2.75, 3.05) is 0 Å². The van der Waals surface area contributed by atoms with Gasteiger partial charge >= 0.3 is 0 Å². The van der Waals surface area contributed by atoms with Gasteiger partial charge in [-0.1, -0.05) is 0 Å². The smallest absolute Gasteiger partial charge is 0.137 e. The number of hydrogen-bond donors (Lipinski definition) is 1. The van der Waals surface area contributed by atoms with E-state index in [1.165, 1.54) is 11.6 Å². The van der Waals surface area contributed by atoms with E-state index in [4.69, 9.17) is 5.73 Å². The first-order chi connectivity index (χ1) is 5.68. The van der Waals surface area contributed by atoms with Crippen molar-refractivity contribution in [2.45, 2.75) is 18.9 Å². The van der Waals surface area contributed by atoms with Gasteiger partial charge in [0.2, 0.25) is 0 Å². The lowest BCUT2D eigenvalue weighted by Crippen LogP contribution is -2.05. The number of aryl methyl sites for hydroxylation is 1. The van der Waals surface area contributed by atoms with Gasteiger partial charge in [-0.15, -0.1) is 0 Å². The summed E-state index contributed by atoms with van der Waals surface area (Å²) in [6.07, 6.45) is 1.90. The molecule has 0 radical (unpaired) electrons. The van der Waals surface area contributed by atoms with Gasteiger partial charge in [0, 0.05) is 6.04 Å². The Kier molecular flexibility index (Phi) is 1.93. The van der Waals surface area contributed by atoms with Crippen molar-refractivity contribution < 1.29 is 4.39 Å². The van der Waals surface area contributed by atoms with Crippen molar-refractivity contribution in [3.8, 4) is 0 Å². The SMILES string of the molecule is NC1CCc2cc(Br)c(F)cc21. The third-order valence-electron chi connectivity index (χ3n) is 2.31. The van der Waals surface area contributed by atoms with Crippen LogP contribution in [0.15, 0.2) is 16.6 Å². The van der Waals surface area contributed by atoms with Crippen LogP contribution in [0.3, 0.4) is 0 Å². The number of benzene rings is 1. The molecule has 3 heteroatoms. The Balaban J connectivity index is 2.56. The van der Waals surface area contributed by atoms with Gasteiger partial charge in [0.15, 0.2) is 0 Å². The third kappa shape index (κ3) is 1.17. The lowest BCUT2D eigenvalue weighted by molar-refractivity contribution is 0.615. The van der Waals surface area contributed by atoms with Crippen LogP contribution in [0.2, 0.25) is 0 Å². The van der Waals surface area contributed by atoms with Crippen molar-refractivity contribution in [3.63, 3.8) is 0 Å². The van der Waals surface area contributed by atoms with Gasteiger partial charge in [-0.3, -0.25) is 0 Å². The Morgan fingerprint density at radius 3 is 3.00 bits per heavy atom. The summed E-state index contributed by atoms with van der Waals surface area (Å²) >= 11 is 3.15. The van der Waals surface area contributed by atoms with Crippen molar-refractivity contribution in [1.29, 1.82) is 0 Å². The predicted octanol–water partition coefficient (Wildman–Crippen LogP) is 2.53. The fourth-order valence-electron chi connectivity index (χ4n) is 1.63. The van der Waals surface area contributed by atoms with Crippen LogP contribution in [-0.4, -0.2) is 0 Å². The highest BCUT2D eigenvalue weighted by Crippen LogP contribution is 2.32. The minimum absolute atomic E-state index is 0.0302. The van der Waals surface area contributed by atoms with Crippen LogP contribution in [0.1, 0.15) is 23.6 Å². The van der Waals surface area contributed by atoms with Crippen LogP contribution < -0.4 is 5.73 Å². The summed E-state index contributed by atoms with van der Waals surface area (Å²) < 4.78 is 13.6. The zero-order chi connectivity index (χ0) is 8.72. The molecule has 2 N–H and O–H groups in total. The molecule has 1 aromatic rings. The van der Waals surface area contributed by atoms with E-state index in [0.717, 1.165) is 18.4 Å². The molecule has 1 aliphatic rings. The Morgan fingerprint density at radius 1 is 1.50 bits per heavy atom. The van der Waals surface area contributed by atoms with E-state index in [-0.39, 0.29) is 11.9 Å². The second-order valence-corrected chi connectivity index (χ2v) is 3.96. The standard InChI is InChI=1S/C9H9BrFN/c10-7-3-5-1-2-9(12)6(5)4-8(7)11/h3-4,9H,1-2,12H2. The highest BCUT2D eigenvalue weighted by atomic mass is 79.9. The number of fused-ring (bicyclic) bond motifs is 1. The molecule has 1 aromatic carbocycles. The Morgan fingerprint density at radius 2 is 2.25 bits per heavy atom. The maximum atomic E-state index is 13.0. The maximum Gasteiger partial charge on any atom is 0.137 e. The summed E-state index contributed by atoms with van der Waals surface area (Å²) in [5.74, 6) is -0.217. The Labute approximate surface area is 78.9 Å². The van der Waals surface area contributed by atoms with E-state index in [9.17, 15) is 4.39 Å². The molecule has 2 rings (SSSR count). The first-order valence-corrected chi connectivity index (χ1v) is 4.71. The molecule has 0 aromatic heterocycles. The maximum absolute atomic E-state index is 13.0. The largest absolute Gasteiger partial charge is 0.324 e. The molecule has 0 saturated heterocycles. The molecule has 0 saturated carbocycles. The number of nitrogens with two attached hydrogens (primary N) is 1. The van der Waals surface area contributed by atoms with E-state index in [2.05, 4.69) is 15.9 Å². The normalized spacial score (nSPS) is 21.1. The van der Waals surface area contributed by atoms with Crippen molar-refractivity contribution >= 4 is 15.9 Å². The van der Waals surface area contributed by atoms with E-state index in [1.54, 1.807) is 0 Å². The molecule has 0 heterocycles. The minimum atomic E-state index is -0.217. The van der Waals surface area contributed by atoms with Gasteiger partial charge in [-0.05, 0) is 52.0 Å². The molecule has 0 amide bonds. The lowest BCUT2D eigenvalue weighted by Gasteiger charge is -2.04. The molecule has 0 bridgehead atoms. The first-order valence-electron chi connectivity index (χ1n) is 3.92. The molecule has 0 spiro atoms. The van der Waals surface area contributed by atoms with E-state index in [1.807, 2.05) is 6.07 Å². The zero-order valence-corrected chi connectivity index (χ0v) is 8.07.